The molecule has 11 heteroatoms. The van der Waals surface area contributed by atoms with Gasteiger partial charge in [0.25, 0.3) is 10.0 Å². The van der Waals surface area contributed by atoms with E-state index in [2.05, 4.69) is 5.32 Å². The molecule has 0 saturated carbocycles. The van der Waals surface area contributed by atoms with Crippen molar-refractivity contribution < 1.29 is 18.0 Å². The molecule has 1 N–H and O–H groups in total. The zero-order valence-electron chi connectivity index (χ0n) is 22.7. The Morgan fingerprint density at radius 3 is 2.10 bits per heavy atom. The van der Waals surface area contributed by atoms with Crippen LogP contribution >= 0.6 is 34.8 Å². The lowest BCUT2D eigenvalue weighted by molar-refractivity contribution is -0.141. The first-order chi connectivity index (χ1) is 18.7. The lowest BCUT2D eigenvalue weighted by atomic mass is 10.1. The van der Waals surface area contributed by atoms with E-state index in [1.807, 2.05) is 20.8 Å². The molecule has 0 radical (unpaired) electrons. The van der Waals surface area contributed by atoms with E-state index < -0.39 is 34.1 Å². The van der Waals surface area contributed by atoms with Crippen molar-refractivity contribution in [2.75, 3.05) is 10.8 Å². The van der Waals surface area contributed by atoms with Crippen LogP contribution in [0, 0.1) is 0 Å². The van der Waals surface area contributed by atoms with Gasteiger partial charge in [0.1, 0.15) is 12.6 Å². The Kier molecular flexibility index (Phi) is 10.5. The predicted octanol–water partition coefficient (Wildman–Crippen LogP) is 6.56. The van der Waals surface area contributed by atoms with E-state index >= 15 is 0 Å². The number of benzene rings is 3. The van der Waals surface area contributed by atoms with Crippen LogP contribution in [0.15, 0.2) is 77.7 Å². The van der Waals surface area contributed by atoms with E-state index in [4.69, 9.17) is 34.8 Å². The van der Waals surface area contributed by atoms with Crippen molar-refractivity contribution in [3.63, 3.8) is 0 Å². The van der Waals surface area contributed by atoms with Crippen LogP contribution in [-0.2, 0) is 26.2 Å². The fourth-order valence-electron chi connectivity index (χ4n) is 4.09. The normalized spacial score (nSPS) is 12.5. The molecule has 0 aliphatic carbocycles. The highest BCUT2D eigenvalue weighted by atomic mass is 35.5. The zero-order valence-corrected chi connectivity index (χ0v) is 25.8. The molecule has 2 amide bonds. The minimum absolute atomic E-state index is 0.00691. The van der Waals surface area contributed by atoms with Crippen LogP contribution < -0.4 is 9.62 Å². The number of hydrogen-bond acceptors (Lipinski definition) is 4. The maximum atomic E-state index is 14.1. The monoisotopic (exact) mass is 623 g/mol. The quantitative estimate of drug-likeness (QED) is 0.277. The van der Waals surface area contributed by atoms with Crippen LogP contribution in [0.4, 0.5) is 5.69 Å². The third-order valence-corrected chi connectivity index (χ3v) is 8.65. The van der Waals surface area contributed by atoms with Gasteiger partial charge in [-0.3, -0.25) is 13.9 Å². The Morgan fingerprint density at radius 2 is 1.52 bits per heavy atom. The number of halogens is 3. The van der Waals surface area contributed by atoms with Gasteiger partial charge < -0.3 is 10.2 Å². The molecule has 214 valence electrons. The molecule has 7 nitrogen and oxygen atoms in total. The Bertz CT molecular complexity index is 1460. The van der Waals surface area contributed by atoms with E-state index in [-0.39, 0.29) is 34.5 Å². The fourth-order valence-corrected chi connectivity index (χ4v) is 6.30. The third kappa shape index (κ3) is 7.91. The highest BCUT2D eigenvalue weighted by molar-refractivity contribution is 7.92. The van der Waals surface area contributed by atoms with Crippen LogP contribution in [0.5, 0.6) is 0 Å². The molecule has 40 heavy (non-hydrogen) atoms. The number of rotatable bonds is 10. The molecule has 0 spiro atoms. The van der Waals surface area contributed by atoms with Crippen molar-refractivity contribution in [1.29, 1.82) is 0 Å². The molecule has 0 bridgehead atoms. The average Bonchev–Trinajstić information content (AvgIpc) is 2.88. The number of carbonyl (C=O) groups excluding carboxylic acids is 2. The van der Waals surface area contributed by atoms with Gasteiger partial charge in [-0.1, -0.05) is 78.1 Å². The van der Waals surface area contributed by atoms with Gasteiger partial charge in [0.05, 0.1) is 15.6 Å². The van der Waals surface area contributed by atoms with Crippen LogP contribution in [0.3, 0.4) is 0 Å². The Hall–Kier alpha value is -2.78. The summed E-state index contributed by atoms with van der Waals surface area (Å²) in [4.78, 5) is 28.8. The fraction of sp³-hybridized carbons (Fsp3) is 0.310. The molecule has 3 aromatic rings. The first kappa shape index (κ1) is 31.7. The summed E-state index contributed by atoms with van der Waals surface area (Å²) in [5.41, 5.74) is 0.131. The summed E-state index contributed by atoms with van der Waals surface area (Å²) in [5.74, 6) is -0.981. The standard InChI is InChI=1S/C29H32Cl3N3O4S/c1-5-25(28(37)33-29(2,3)4)34(18-20-15-16-21(30)17-24(20)32)27(36)19-35(26-14-10-9-13-23(26)31)40(38,39)22-11-7-6-8-12-22/h6-17,25H,5,18-19H2,1-4H3,(H,33,37). The SMILES string of the molecule is CCC(C(=O)NC(C)(C)C)N(Cc1ccc(Cl)cc1Cl)C(=O)CN(c1ccccc1Cl)S(=O)(=O)c1ccccc1. The number of nitrogens with one attached hydrogen (secondary N) is 1. The second-order valence-corrected chi connectivity index (χ2v) is 13.3. The minimum atomic E-state index is -4.22. The number of carbonyl (C=O) groups is 2. The number of amides is 2. The van der Waals surface area contributed by atoms with Crippen LogP contribution in [0.2, 0.25) is 15.1 Å². The first-order valence-corrected chi connectivity index (χ1v) is 15.2. The van der Waals surface area contributed by atoms with E-state index in [0.717, 1.165) is 4.31 Å². The molecule has 3 rings (SSSR count). The summed E-state index contributed by atoms with van der Waals surface area (Å²) in [5, 5.41) is 3.81. The summed E-state index contributed by atoms with van der Waals surface area (Å²) in [6.07, 6.45) is 0.274. The van der Waals surface area contributed by atoms with Gasteiger partial charge in [0.15, 0.2) is 0 Å². The molecule has 0 aliphatic heterocycles. The van der Waals surface area contributed by atoms with Crippen molar-refractivity contribution >= 4 is 62.3 Å². The zero-order chi connectivity index (χ0) is 29.7. The van der Waals surface area contributed by atoms with Crippen molar-refractivity contribution in [2.45, 2.75) is 57.1 Å². The summed E-state index contributed by atoms with van der Waals surface area (Å²) in [6, 6.07) is 18.1. The Morgan fingerprint density at radius 1 is 0.900 bits per heavy atom. The van der Waals surface area contributed by atoms with Crippen molar-refractivity contribution in [3.8, 4) is 0 Å². The maximum Gasteiger partial charge on any atom is 0.264 e. The smallest absolute Gasteiger partial charge is 0.264 e. The van der Waals surface area contributed by atoms with E-state index in [1.54, 1.807) is 61.5 Å². The highest BCUT2D eigenvalue weighted by Gasteiger charge is 2.35. The van der Waals surface area contributed by atoms with Gasteiger partial charge in [0, 0.05) is 22.1 Å². The summed E-state index contributed by atoms with van der Waals surface area (Å²) >= 11 is 18.9. The van der Waals surface area contributed by atoms with Crippen molar-refractivity contribution in [1.82, 2.24) is 10.2 Å². The van der Waals surface area contributed by atoms with Crippen LogP contribution in [-0.4, -0.2) is 43.3 Å². The Balaban J connectivity index is 2.10. The van der Waals surface area contributed by atoms with Gasteiger partial charge in [-0.05, 0) is 69.2 Å². The van der Waals surface area contributed by atoms with Gasteiger partial charge in [-0.25, -0.2) is 8.42 Å². The van der Waals surface area contributed by atoms with Gasteiger partial charge in [-0.15, -0.1) is 0 Å². The third-order valence-electron chi connectivity index (χ3n) is 5.97. The van der Waals surface area contributed by atoms with Gasteiger partial charge in [0.2, 0.25) is 11.8 Å². The largest absolute Gasteiger partial charge is 0.350 e. The van der Waals surface area contributed by atoms with Crippen molar-refractivity contribution in [3.05, 3.63) is 93.4 Å². The molecule has 1 atom stereocenters. The number of hydrogen-bond donors (Lipinski definition) is 1. The number of anilines is 1. The molecule has 0 aromatic heterocycles. The van der Waals surface area contributed by atoms with Crippen LogP contribution in [0.25, 0.3) is 0 Å². The average molecular weight is 625 g/mol. The number of para-hydroxylation sites is 1. The molecule has 0 aliphatic rings. The van der Waals surface area contributed by atoms with E-state index in [0.29, 0.717) is 15.6 Å². The second kappa shape index (κ2) is 13.3. The molecule has 0 fully saturated rings. The number of nitrogens with zero attached hydrogens (tertiary/aromatic N) is 2. The second-order valence-electron chi connectivity index (χ2n) is 10.2. The summed E-state index contributed by atoms with van der Waals surface area (Å²) < 4.78 is 28.6. The lowest BCUT2D eigenvalue weighted by Gasteiger charge is -2.35. The Labute approximate surface area is 251 Å². The first-order valence-electron chi connectivity index (χ1n) is 12.6. The molecular formula is C29H32Cl3N3O4S. The number of sulfonamides is 1. The minimum Gasteiger partial charge on any atom is -0.350 e. The van der Waals surface area contributed by atoms with E-state index in [9.17, 15) is 18.0 Å². The highest BCUT2D eigenvalue weighted by Crippen LogP contribution is 2.31. The molecule has 0 saturated heterocycles. The molecule has 1 unspecified atom stereocenters. The summed E-state index contributed by atoms with van der Waals surface area (Å²) in [6.45, 7) is 6.64. The lowest BCUT2D eigenvalue weighted by Crippen LogP contribution is -2.55. The van der Waals surface area contributed by atoms with Crippen LogP contribution in [0.1, 0.15) is 39.7 Å². The van der Waals surface area contributed by atoms with Gasteiger partial charge in [-0.2, -0.15) is 0 Å². The molecular weight excluding hydrogens is 593 g/mol. The molecule has 3 aromatic carbocycles. The summed E-state index contributed by atoms with van der Waals surface area (Å²) in [7, 11) is -4.22. The van der Waals surface area contributed by atoms with E-state index in [1.165, 1.54) is 23.1 Å². The predicted molar refractivity (Wildman–Crippen MR) is 161 cm³/mol. The molecule has 0 heterocycles. The van der Waals surface area contributed by atoms with Crippen molar-refractivity contribution in [2.24, 2.45) is 0 Å². The van der Waals surface area contributed by atoms with Gasteiger partial charge >= 0.3 is 0 Å². The topological polar surface area (TPSA) is 86.8 Å². The maximum absolute atomic E-state index is 14.1.